The molecule has 0 radical (unpaired) electrons. The Morgan fingerprint density at radius 1 is 0.706 bits per heavy atom. The lowest BCUT2D eigenvalue weighted by molar-refractivity contribution is -0.107. The van der Waals surface area contributed by atoms with Crippen molar-refractivity contribution >= 4 is 6.29 Å². The van der Waals surface area contributed by atoms with Crippen LogP contribution in [-0.4, -0.2) is 6.29 Å². The molecule has 1 heteroatoms. The average molecular weight is 234 g/mol. The van der Waals surface area contributed by atoms with E-state index in [0.29, 0.717) is 0 Å². The molecule has 0 aromatic heterocycles. The van der Waals surface area contributed by atoms with Crippen LogP contribution < -0.4 is 0 Å². The van der Waals surface area contributed by atoms with Crippen molar-refractivity contribution in [3.8, 4) is 0 Å². The van der Waals surface area contributed by atoms with Crippen molar-refractivity contribution in [2.24, 2.45) is 0 Å². The highest BCUT2D eigenvalue weighted by Crippen LogP contribution is 2.03. The zero-order chi connectivity index (χ0) is 12.6. The molecule has 0 heterocycles. The lowest BCUT2D eigenvalue weighted by Crippen LogP contribution is -1.77. The highest BCUT2D eigenvalue weighted by molar-refractivity contribution is 5.48. The van der Waals surface area contributed by atoms with Gasteiger partial charge in [0, 0.05) is 6.42 Å². The first-order valence-electron chi connectivity index (χ1n) is 6.80. The van der Waals surface area contributed by atoms with Gasteiger partial charge in [-0.25, -0.2) is 0 Å². The fourth-order valence-corrected chi connectivity index (χ4v) is 1.49. The lowest BCUT2D eigenvalue weighted by atomic mass is 10.1. The summed E-state index contributed by atoms with van der Waals surface area (Å²) in [6, 6.07) is 0. The Kier molecular flexibility index (Phi) is 13.9. The predicted octanol–water partition coefficient (Wildman–Crippen LogP) is 4.99. The fraction of sp³-hybridized carbons (Fsp3) is 0.562. The monoisotopic (exact) mass is 234 g/mol. The molecule has 0 aromatic carbocycles. The van der Waals surface area contributed by atoms with E-state index in [1.807, 2.05) is 0 Å². The molecule has 0 aliphatic heterocycles. The van der Waals surface area contributed by atoms with Gasteiger partial charge < -0.3 is 4.79 Å². The van der Waals surface area contributed by atoms with Crippen molar-refractivity contribution in [2.45, 2.75) is 58.3 Å². The molecule has 0 aliphatic carbocycles. The molecular weight excluding hydrogens is 208 g/mol. The zero-order valence-electron chi connectivity index (χ0n) is 11.1. The van der Waals surface area contributed by atoms with Crippen molar-refractivity contribution in [3.05, 3.63) is 36.5 Å². The summed E-state index contributed by atoms with van der Waals surface area (Å²) in [6.07, 6.45) is 22.8. The molecule has 0 amide bonds. The van der Waals surface area contributed by atoms with Gasteiger partial charge in [-0.3, -0.25) is 0 Å². The summed E-state index contributed by atoms with van der Waals surface area (Å²) in [6.45, 7) is 2.15. The number of allylic oxidation sites excluding steroid dienone is 6. The Morgan fingerprint density at radius 3 is 1.94 bits per heavy atom. The van der Waals surface area contributed by atoms with Gasteiger partial charge in [-0.15, -0.1) is 0 Å². The average Bonchev–Trinajstić information content (AvgIpc) is 2.35. The maximum Gasteiger partial charge on any atom is 0.119 e. The third-order valence-corrected chi connectivity index (χ3v) is 2.47. The Bertz CT molecular complexity index is 236. The minimum absolute atomic E-state index is 0.720. The summed E-state index contributed by atoms with van der Waals surface area (Å²) in [7, 11) is 0. The van der Waals surface area contributed by atoms with E-state index in [2.05, 4.69) is 43.4 Å². The SMILES string of the molecule is CCC=CCC=CC/C=C\CCCCCC=O. The highest BCUT2D eigenvalue weighted by atomic mass is 16.1. The summed E-state index contributed by atoms with van der Waals surface area (Å²) in [5.41, 5.74) is 0. The molecule has 0 saturated heterocycles. The van der Waals surface area contributed by atoms with Crippen molar-refractivity contribution in [2.75, 3.05) is 0 Å². The quantitative estimate of drug-likeness (QED) is 0.279. The lowest BCUT2D eigenvalue weighted by Gasteiger charge is -1.93. The molecule has 17 heavy (non-hydrogen) atoms. The van der Waals surface area contributed by atoms with Crippen LogP contribution in [0.4, 0.5) is 0 Å². The number of aldehydes is 1. The maximum atomic E-state index is 10.1. The largest absolute Gasteiger partial charge is 0.303 e. The molecule has 1 nitrogen and oxygen atoms in total. The topological polar surface area (TPSA) is 17.1 Å². The number of hydrogen-bond acceptors (Lipinski definition) is 1. The van der Waals surface area contributed by atoms with Gasteiger partial charge in [0.1, 0.15) is 6.29 Å². The second-order valence-electron chi connectivity index (χ2n) is 4.10. The van der Waals surface area contributed by atoms with E-state index in [4.69, 9.17) is 0 Å². The predicted molar refractivity (Wildman–Crippen MR) is 76.1 cm³/mol. The number of unbranched alkanes of at least 4 members (excludes halogenated alkanes) is 4. The Hall–Kier alpha value is -1.11. The number of carbonyl (C=O) groups excluding carboxylic acids is 1. The number of rotatable bonds is 11. The Balaban J connectivity index is 3.24. The molecule has 0 spiro atoms. The molecule has 0 N–H and O–H groups in total. The van der Waals surface area contributed by atoms with Crippen LogP contribution in [0.1, 0.15) is 58.3 Å². The second kappa shape index (κ2) is 14.9. The molecule has 0 rings (SSSR count). The molecule has 0 bridgehead atoms. The summed E-state index contributed by atoms with van der Waals surface area (Å²) in [4.78, 5) is 10.1. The van der Waals surface area contributed by atoms with E-state index in [1.54, 1.807) is 0 Å². The van der Waals surface area contributed by atoms with Crippen molar-refractivity contribution in [1.29, 1.82) is 0 Å². The van der Waals surface area contributed by atoms with Gasteiger partial charge in [-0.05, 0) is 38.5 Å². The third-order valence-electron chi connectivity index (χ3n) is 2.47. The minimum atomic E-state index is 0.720. The first-order chi connectivity index (χ1) is 8.41. The smallest absolute Gasteiger partial charge is 0.119 e. The molecule has 96 valence electrons. The Morgan fingerprint density at radius 2 is 1.29 bits per heavy atom. The van der Waals surface area contributed by atoms with Gasteiger partial charge in [0.2, 0.25) is 0 Å². The van der Waals surface area contributed by atoms with Crippen LogP contribution in [0.5, 0.6) is 0 Å². The van der Waals surface area contributed by atoms with Crippen LogP contribution in [0.25, 0.3) is 0 Å². The van der Waals surface area contributed by atoms with Crippen LogP contribution >= 0.6 is 0 Å². The van der Waals surface area contributed by atoms with E-state index in [1.165, 1.54) is 12.8 Å². The Labute approximate surface area is 106 Å². The number of hydrogen-bond donors (Lipinski definition) is 0. The van der Waals surface area contributed by atoms with Crippen molar-refractivity contribution < 1.29 is 4.79 Å². The fourth-order valence-electron chi connectivity index (χ4n) is 1.49. The first kappa shape index (κ1) is 15.9. The summed E-state index contributed by atoms with van der Waals surface area (Å²) >= 11 is 0. The van der Waals surface area contributed by atoms with Gasteiger partial charge >= 0.3 is 0 Å². The third kappa shape index (κ3) is 14.9. The van der Waals surface area contributed by atoms with Crippen molar-refractivity contribution in [1.82, 2.24) is 0 Å². The number of carbonyl (C=O) groups is 1. The second-order valence-corrected chi connectivity index (χ2v) is 4.10. The van der Waals surface area contributed by atoms with Crippen LogP contribution in [0.2, 0.25) is 0 Å². The highest BCUT2D eigenvalue weighted by Gasteiger charge is 1.85. The van der Waals surface area contributed by atoms with Crippen LogP contribution in [0.15, 0.2) is 36.5 Å². The van der Waals surface area contributed by atoms with E-state index in [0.717, 1.165) is 44.8 Å². The molecule has 0 aliphatic rings. The molecule has 0 fully saturated rings. The van der Waals surface area contributed by atoms with Crippen LogP contribution in [0, 0.1) is 0 Å². The van der Waals surface area contributed by atoms with Crippen LogP contribution in [-0.2, 0) is 4.79 Å². The molecule has 0 aromatic rings. The molecule has 0 saturated carbocycles. The zero-order valence-corrected chi connectivity index (χ0v) is 11.1. The van der Waals surface area contributed by atoms with Gasteiger partial charge in [0.05, 0.1) is 0 Å². The first-order valence-corrected chi connectivity index (χ1v) is 6.80. The van der Waals surface area contributed by atoms with E-state index in [9.17, 15) is 4.79 Å². The normalized spacial score (nSPS) is 12.1. The van der Waals surface area contributed by atoms with E-state index >= 15 is 0 Å². The van der Waals surface area contributed by atoms with E-state index in [-0.39, 0.29) is 0 Å². The molecule has 0 atom stereocenters. The standard InChI is InChI=1S/C16H26O/c1-2-3-4-5-6-7-8-9-10-11-12-13-14-15-16-17/h3-4,6-7,9-10,16H,2,5,8,11-15H2,1H3/b4-3?,7-6?,10-9-. The summed E-state index contributed by atoms with van der Waals surface area (Å²) < 4.78 is 0. The van der Waals surface area contributed by atoms with Crippen LogP contribution in [0.3, 0.4) is 0 Å². The summed E-state index contributed by atoms with van der Waals surface area (Å²) in [5, 5.41) is 0. The molecular formula is C16H26O. The van der Waals surface area contributed by atoms with Gasteiger partial charge in [0.15, 0.2) is 0 Å². The van der Waals surface area contributed by atoms with Gasteiger partial charge in [-0.2, -0.15) is 0 Å². The minimum Gasteiger partial charge on any atom is -0.303 e. The van der Waals surface area contributed by atoms with Gasteiger partial charge in [-0.1, -0.05) is 49.8 Å². The summed E-state index contributed by atoms with van der Waals surface area (Å²) in [5.74, 6) is 0. The van der Waals surface area contributed by atoms with Crippen molar-refractivity contribution in [3.63, 3.8) is 0 Å². The van der Waals surface area contributed by atoms with E-state index < -0.39 is 0 Å². The molecule has 0 unspecified atom stereocenters. The van der Waals surface area contributed by atoms with Gasteiger partial charge in [0.25, 0.3) is 0 Å². The maximum absolute atomic E-state index is 10.1.